The lowest BCUT2D eigenvalue weighted by atomic mass is 9.72. The van der Waals surface area contributed by atoms with Gasteiger partial charge in [-0.25, -0.2) is 0 Å². The Hall–Kier alpha value is -2.74. The molecule has 0 saturated carbocycles. The highest BCUT2D eigenvalue weighted by atomic mass is 16.2. The Morgan fingerprint density at radius 1 is 1.07 bits per heavy atom. The Morgan fingerprint density at radius 2 is 1.77 bits per heavy atom. The van der Waals surface area contributed by atoms with Crippen molar-refractivity contribution in [3.8, 4) is 0 Å². The summed E-state index contributed by atoms with van der Waals surface area (Å²) >= 11 is 0. The largest absolute Gasteiger partial charge is 0.347 e. The second kappa shape index (κ2) is 9.84. The van der Waals surface area contributed by atoms with Gasteiger partial charge >= 0.3 is 11.8 Å². The summed E-state index contributed by atoms with van der Waals surface area (Å²) in [6.07, 6.45) is 4.95. The molecule has 0 radical (unpaired) electrons. The van der Waals surface area contributed by atoms with Gasteiger partial charge in [-0.1, -0.05) is 25.5 Å². The number of amides is 4. The number of nitrogens with zero attached hydrogens (tertiary/aromatic N) is 1. The van der Waals surface area contributed by atoms with E-state index in [0.717, 1.165) is 25.2 Å². The summed E-state index contributed by atoms with van der Waals surface area (Å²) in [4.78, 5) is 50.4. The maximum absolute atomic E-state index is 12.5. The first-order chi connectivity index (χ1) is 14.4. The molecule has 0 bridgehead atoms. The van der Waals surface area contributed by atoms with Crippen molar-refractivity contribution < 1.29 is 19.2 Å². The Morgan fingerprint density at radius 3 is 2.40 bits per heavy atom. The first-order valence-electron chi connectivity index (χ1n) is 10.7. The zero-order valence-electron chi connectivity index (χ0n) is 17.5. The van der Waals surface area contributed by atoms with Crippen molar-refractivity contribution in [1.82, 2.24) is 15.5 Å². The zero-order valence-corrected chi connectivity index (χ0v) is 17.5. The monoisotopic (exact) mass is 414 g/mol. The van der Waals surface area contributed by atoms with Gasteiger partial charge in [-0.05, 0) is 56.5 Å². The summed E-state index contributed by atoms with van der Waals surface area (Å²) in [6.45, 7) is 5.19. The lowest BCUT2D eigenvalue weighted by Crippen LogP contribution is -2.51. The Balaban J connectivity index is 1.53. The number of hydrogen-bond donors (Lipinski definition) is 3. The number of anilines is 1. The average molecular weight is 415 g/mol. The number of piperidine rings is 2. The van der Waals surface area contributed by atoms with Crippen LogP contribution in [0, 0.1) is 0 Å². The first kappa shape index (κ1) is 22.0. The molecule has 0 aliphatic carbocycles. The van der Waals surface area contributed by atoms with Crippen LogP contribution in [0.2, 0.25) is 0 Å². The highest BCUT2D eigenvalue weighted by Gasteiger charge is 2.42. The van der Waals surface area contributed by atoms with E-state index in [1.165, 1.54) is 19.3 Å². The van der Waals surface area contributed by atoms with Gasteiger partial charge in [0.1, 0.15) is 0 Å². The van der Waals surface area contributed by atoms with Crippen LogP contribution in [0.25, 0.3) is 0 Å². The molecule has 30 heavy (non-hydrogen) atoms. The van der Waals surface area contributed by atoms with Crippen molar-refractivity contribution in [2.75, 3.05) is 31.5 Å². The second-order valence-corrected chi connectivity index (χ2v) is 8.00. The molecule has 3 N–H and O–H groups in total. The van der Waals surface area contributed by atoms with Crippen molar-refractivity contribution in [3.63, 3.8) is 0 Å². The molecule has 2 aliphatic heterocycles. The van der Waals surface area contributed by atoms with E-state index in [1.807, 2.05) is 6.92 Å². The van der Waals surface area contributed by atoms with Crippen LogP contribution in [0.4, 0.5) is 5.69 Å². The van der Waals surface area contributed by atoms with E-state index in [0.29, 0.717) is 31.5 Å². The molecule has 1 aromatic rings. The summed E-state index contributed by atoms with van der Waals surface area (Å²) in [5.74, 6) is -1.91. The number of nitrogens with one attached hydrogen (secondary N) is 3. The third-order valence-corrected chi connectivity index (χ3v) is 6.13. The maximum atomic E-state index is 12.5. The minimum absolute atomic E-state index is 0.251. The Labute approximate surface area is 176 Å². The lowest BCUT2D eigenvalue weighted by molar-refractivity contribution is -0.138. The van der Waals surface area contributed by atoms with E-state index in [4.69, 9.17) is 0 Å². The molecule has 3 rings (SSSR count). The van der Waals surface area contributed by atoms with E-state index >= 15 is 0 Å². The summed E-state index contributed by atoms with van der Waals surface area (Å²) < 4.78 is 0. The summed E-state index contributed by atoms with van der Waals surface area (Å²) in [5.41, 5.74) is 0.523. The fourth-order valence-electron chi connectivity index (χ4n) is 4.22. The minimum atomic E-state index is -0.748. The van der Waals surface area contributed by atoms with Crippen molar-refractivity contribution in [3.05, 3.63) is 29.8 Å². The van der Waals surface area contributed by atoms with E-state index in [1.54, 1.807) is 24.3 Å². The molecule has 2 saturated heterocycles. The van der Waals surface area contributed by atoms with Crippen molar-refractivity contribution in [2.24, 2.45) is 0 Å². The molecule has 2 aliphatic rings. The van der Waals surface area contributed by atoms with Gasteiger partial charge in [0, 0.05) is 25.2 Å². The first-order valence-corrected chi connectivity index (χ1v) is 10.7. The number of hydrogen-bond acceptors (Lipinski definition) is 5. The molecule has 2 heterocycles. The molecular weight excluding hydrogens is 384 g/mol. The number of benzene rings is 1. The Bertz CT molecular complexity index is 802. The van der Waals surface area contributed by atoms with Crippen LogP contribution < -0.4 is 16.0 Å². The van der Waals surface area contributed by atoms with Crippen LogP contribution in [0.15, 0.2) is 24.3 Å². The highest BCUT2D eigenvalue weighted by Crippen LogP contribution is 2.36. The summed E-state index contributed by atoms with van der Waals surface area (Å²) in [7, 11) is 0. The van der Waals surface area contributed by atoms with Gasteiger partial charge in [-0.3, -0.25) is 24.5 Å². The van der Waals surface area contributed by atoms with Crippen molar-refractivity contribution in [2.45, 2.75) is 50.9 Å². The molecular formula is C22H30N4O4. The van der Waals surface area contributed by atoms with Crippen LogP contribution in [0.3, 0.4) is 0 Å². The van der Waals surface area contributed by atoms with Gasteiger partial charge in [-0.15, -0.1) is 0 Å². The van der Waals surface area contributed by atoms with Gasteiger partial charge in [0.25, 0.3) is 0 Å². The van der Waals surface area contributed by atoms with E-state index in [9.17, 15) is 19.2 Å². The van der Waals surface area contributed by atoms with Crippen LogP contribution in [0.1, 0.15) is 51.0 Å². The quantitative estimate of drug-likeness (QED) is 0.481. The van der Waals surface area contributed by atoms with E-state index in [-0.39, 0.29) is 11.8 Å². The molecule has 8 nitrogen and oxygen atoms in total. The maximum Gasteiger partial charge on any atom is 0.313 e. The standard InChI is InChI=1S/C22H30N4O4/c1-2-22(11-10-18(27)25-21(22)30)16-6-8-17(9-7-16)24-20(29)19(28)23-12-15-26-13-4-3-5-14-26/h6-9H,2-5,10-15H2,1H3,(H,23,28)(H,24,29)(H,25,27,30). The molecule has 4 amide bonds. The van der Waals surface area contributed by atoms with Crippen LogP contribution in [-0.2, 0) is 24.6 Å². The predicted octanol–water partition coefficient (Wildman–Crippen LogP) is 1.31. The molecule has 8 heteroatoms. The second-order valence-electron chi connectivity index (χ2n) is 8.00. The van der Waals surface area contributed by atoms with Crippen LogP contribution in [0.5, 0.6) is 0 Å². The van der Waals surface area contributed by atoms with Gasteiger partial charge < -0.3 is 15.5 Å². The van der Waals surface area contributed by atoms with Crippen LogP contribution >= 0.6 is 0 Å². The molecule has 1 atom stereocenters. The zero-order chi connectivity index (χ0) is 21.6. The number of carbonyl (C=O) groups is 4. The van der Waals surface area contributed by atoms with E-state index in [2.05, 4.69) is 20.9 Å². The predicted molar refractivity (Wildman–Crippen MR) is 113 cm³/mol. The van der Waals surface area contributed by atoms with Crippen molar-refractivity contribution in [1.29, 1.82) is 0 Å². The average Bonchev–Trinajstić information content (AvgIpc) is 2.75. The fourth-order valence-corrected chi connectivity index (χ4v) is 4.22. The molecule has 162 valence electrons. The topological polar surface area (TPSA) is 108 Å². The molecule has 1 unspecified atom stereocenters. The number of imide groups is 1. The molecule has 1 aromatic carbocycles. The lowest BCUT2D eigenvalue weighted by Gasteiger charge is -2.35. The van der Waals surface area contributed by atoms with Gasteiger partial charge in [-0.2, -0.15) is 0 Å². The van der Waals surface area contributed by atoms with Crippen LogP contribution in [-0.4, -0.2) is 54.7 Å². The van der Waals surface area contributed by atoms with Gasteiger partial charge in [0.15, 0.2) is 0 Å². The van der Waals surface area contributed by atoms with Gasteiger partial charge in [0.05, 0.1) is 5.41 Å². The SMILES string of the molecule is CCC1(c2ccc(NC(=O)C(=O)NCCN3CCCCC3)cc2)CCC(=O)NC1=O. The third kappa shape index (κ3) is 5.05. The summed E-state index contributed by atoms with van der Waals surface area (Å²) in [5, 5.41) is 7.67. The fraction of sp³-hybridized carbons (Fsp3) is 0.545. The number of rotatable bonds is 6. The number of likely N-dealkylation sites (tertiary alicyclic amines) is 1. The third-order valence-electron chi connectivity index (χ3n) is 6.13. The Kier molecular flexibility index (Phi) is 7.20. The number of carbonyl (C=O) groups excluding carboxylic acids is 4. The molecule has 0 spiro atoms. The smallest absolute Gasteiger partial charge is 0.313 e. The normalized spacial score (nSPS) is 22.3. The molecule has 2 fully saturated rings. The minimum Gasteiger partial charge on any atom is -0.347 e. The highest BCUT2D eigenvalue weighted by molar-refractivity contribution is 6.39. The molecule has 0 aromatic heterocycles. The van der Waals surface area contributed by atoms with Crippen molar-refractivity contribution >= 4 is 29.3 Å². The summed E-state index contributed by atoms with van der Waals surface area (Å²) in [6, 6.07) is 6.89. The van der Waals surface area contributed by atoms with Gasteiger partial charge in [0.2, 0.25) is 11.8 Å². The van der Waals surface area contributed by atoms with E-state index < -0.39 is 17.2 Å².